The van der Waals surface area contributed by atoms with E-state index < -0.39 is 0 Å². The van der Waals surface area contributed by atoms with Gasteiger partial charge in [0.25, 0.3) is 0 Å². The van der Waals surface area contributed by atoms with Crippen LogP contribution in [0.3, 0.4) is 0 Å². The Hall–Kier alpha value is -1.90. The van der Waals surface area contributed by atoms with Crippen LogP contribution >= 0.6 is 0 Å². The second kappa shape index (κ2) is 6.15. The highest BCUT2D eigenvalue weighted by molar-refractivity contribution is 5.80. The fourth-order valence-electron chi connectivity index (χ4n) is 1.90. The third-order valence-electron chi connectivity index (χ3n) is 2.72. The molecule has 0 radical (unpaired) electrons. The highest BCUT2D eigenvalue weighted by Gasteiger charge is 2.14. The molecule has 0 amide bonds. The highest BCUT2D eigenvalue weighted by Crippen LogP contribution is 2.40. The first-order valence-corrected chi connectivity index (χ1v) is 5.71. The van der Waals surface area contributed by atoms with Crippen LogP contribution in [0.5, 0.6) is 17.2 Å². The average molecular weight is 248 g/mol. The molecule has 0 saturated carbocycles. The molecular formula is C15H20O3. The molecule has 3 heteroatoms. The van der Waals surface area contributed by atoms with Gasteiger partial charge in [0, 0.05) is 0 Å². The standard InChI is InChI=1S/C15H20O3/c1-7-12(10(2)3)11-8-13(16-4)15(18-6)14(9-11)17-5/h7-9H,2H2,1,3-6H3. The maximum Gasteiger partial charge on any atom is 0.203 e. The van der Waals surface area contributed by atoms with Crippen molar-refractivity contribution >= 4 is 5.57 Å². The van der Waals surface area contributed by atoms with Crippen molar-refractivity contribution in [2.24, 2.45) is 0 Å². The van der Waals surface area contributed by atoms with Crippen LogP contribution in [0.2, 0.25) is 0 Å². The van der Waals surface area contributed by atoms with Crippen molar-refractivity contribution < 1.29 is 14.2 Å². The molecule has 0 aliphatic carbocycles. The maximum atomic E-state index is 5.33. The maximum absolute atomic E-state index is 5.33. The lowest BCUT2D eigenvalue weighted by Gasteiger charge is -2.15. The smallest absolute Gasteiger partial charge is 0.203 e. The van der Waals surface area contributed by atoms with Gasteiger partial charge in [-0.1, -0.05) is 18.2 Å². The second-order valence-electron chi connectivity index (χ2n) is 3.90. The van der Waals surface area contributed by atoms with Gasteiger partial charge in [-0.25, -0.2) is 0 Å². The van der Waals surface area contributed by atoms with Gasteiger partial charge >= 0.3 is 0 Å². The van der Waals surface area contributed by atoms with E-state index >= 15 is 0 Å². The summed E-state index contributed by atoms with van der Waals surface area (Å²) in [7, 11) is 4.81. The van der Waals surface area contributed by atoms with Crippen LogP contribution in [-0.2, 0) is 0 Å². The summed E-state index contributed by atoms with van der Waals surface area (Å²) in [5.41, 5.74) is 3.06. The molecule has 1 aromatic rings. The molecule has 18 heavy (non-hydrogen) atoms. The van der Waals surface area contributed by atoms with Crippen molar-refractivity contribution in [2.45, 2.75) is 13.8 Å². The summed E-state index contributed by atoms with van der Waals surface area (Å²) >= 11 is 0. The molecule has 3 nitrogen and oxygen atoms in total. The summed E-state index contributed by atoms with van der Waals surface area (Å²) in [6.45, 7) is 7.93. The topological polar surface area (TPSA) is 27.7 Å². The Morgan fingerprint density at radius 2 is 1.56 bits per heavy atom. The largest absolute Gasteiger partial charge is 0.493 e. The lowest BCUT2D eigenvalue weighted by Crippen LogP contribution is -1.97. The monoisotopic (exact) mass is 248 g/mol. The molecule has 0 N–H and O–H groups in total. The molecule has 0 atom stereocenters. The Balaban J connectivity index is 3.44. The predicted octanol–water partition coefficient (Wildman–Crippen LogP) is 3.69. The molecule has 0 aromatic heterocycles. The van der Waals surface area contributed by atoms with Gasteiger partial charge < -0.3 is 14.2 Å². The number of ether oxygens (including phenoxy) is 3. The van der Waals surface area contributed by atoms with E-state index in [-0.39, 0.29) is 0 Å². The lowest BCUT2D eigenvalue weighted by atomic mass is 9.99. The van der Waals surface area contributed by atoms with Crippen molar-refractivity contribution in [3.05, 3.63) is 35.9 Å². The van der Waals surface area contributed by atoms with E-state index in [1.807, 2.05) is 32.1 Å². The molecule has 0 saturated heterocycles. The Labute approximate surface area is 109 Å². The van der Waals surface area contributed by atoms with Gasteiger partial charge in [-0.15, -0.1) is 0 Å². The summed E-state index contributed by atoms with van der Waals surface area (Å²) in [6, 6.07) is 3.84. The molecule has 0 heterocycles. The van der Waals surface area contributed by atoms with Crippen LogP contribution < -0.4 is 14.2 Å². The summed E-state index contributed by atoms with van der Waals surface area (Å²) in [5.74, 6) is 1.89. The lowest BCUT2D eigenvalue weighted by molar-refractivity contribution is 0.324. The van der Waals surface area contributed by atoms with E-state index in [9.17, 15) is 0 Å². The van der Waals surface area contributed by atoms with Crippen LogP contribution in [0.1, 0.15) is 19.4 Å². The number of hydrogen-bond acceptors (Lipinski definition) is 3. The molecule has 0 unspecified atom stereocenters. The minimum atomic E-state index is 0.598. The molecule has 1 rings (SSSR count). The quantitative estimate of drug-likeness (QED) is 0.744. The fraction of sp³-hybridized carbons (Fsp3) is 0.333. The predicted molar refractivity (Wildman–Crippen MR) is 74.6 cm³/mol. The molecule has 0 spiro atoms. The van der Waals surface area contributed by atoms with E-state index in [1.54, 1.807) is 21.3 Å². The number of rotatable bonds is 5. The van der Waals surface area contributed by atoms with Crippen LogP contribution in [0, 0.1) is 0 Å². The first-order valence-electron chi connectivity index (χ1n) is 5.71. The minimum absolute atomic E-state index is 0.598. The zero-order valence-electron chi connectivity index (χ0n) is 11.7. The summed E-state index contributed by atoms with van der Waals surface area (Å²) in [5, 5.41) is 0. The van der Waals surface area contributed by atoms with Crippen molar-refractivity contribution in [1.82, 2.24) is 0 Å². The fourth-order valence-corrected chi connectivity index (χ4v) is 1.90. The molecule has 0 aliphatic heterocycles. The van der Waals surface area contributed by atoms with Crippen LogP contribution in [0.25, 0.3) is 5.57 Å². The first-order chi connectivity index (χ1) is 8.58. The third kappa shape index (κ3) is 2.67. The van der Waals surface area contributed by atoms with Crippen LogP contribution in [0.4, 0.5) is 0 Å². The van der Waals surface area contributed by atoms with Crippen molar-refractivity contribution in [3.8, 4) is 17.2 Å². The Kier molecular flexibility index (Phi) is 4.84. The summed E-state index contributed by atoms with van der Waals surface area (Å²) in [6.07, 6.45) is 2.02. The van der Waals surface area contributed by atoms with Crippen molar-refractivity contribution in [3.63, 3.8) is 0 Å². The number of benzene rings is 1. The number of methoxy groups -OCH3 is 3. The summed E-state index contributed by atoms with van der Waals surface area (Å²) in [4.78, 5) is 0. The molecule has 1 aromatic carbocycles. The van der Waals surface area contributed by atoms with Crippen molar-refractivity contribution in [1.29, 1.82) is 0 Å². The molecule has 0 aliphatic rings. The Bertz CT molecular complexity index is 448. The van der Waals surface area contributed by atoms with Gasteiger partial charge in [-0.3, -0.25) is 0 Å². The summed E-state index contributed by atoms with van der Waals surface area (Å²) < 4.78 is 16.0. The molecule has 0 fully saturated rings. The zero-order valence-corrected chi connectivity index (χ0v) is 11.7. The SMILES string of the molecule is C=C(C)C(=CC)c1cc(OC)c(OC)c(OC)c1. The molecule has 98 valence electrons. The van der Waals surface area contributed by atoms with E-state index in [4.69, 9.17) is 14.2 Å². The Morgan fingerprint density at radius 3 is 1.83 bits per heavy atom. The van der Waals surface area contributed by atoms with Gasteiger partial charge in [0.05, 0.1) is 21.3 Å². The highest BCUT2D eigenvalue weighted by atomic mass is 16.5. The number of hydrogen-bond donors (Lipinski definition) is 0. The van der Waals surface area contributed by atoms with E-state index in [0.717, 1.165) is 16.7 Å². The number of allylic oxidation sites excluding steroid dienone is 3. The molecule has 0 bridgehead atoms. The first kappa shape index (κ1) is 14.2. The molecular weight excluding hydrogens is 228 g/mol. The van der Waals surface area contributed by atoms with E-state index in [2.05, 4.69) is 6.58 Å². The normalized spacial score (nSPS) is 11.1. The second-order valence-corrected chi connectivity index (χ2v) is 3.90. The van der Waals surface area contributed by atoms with Gasteiger partial charge in [0.1, 0.15) is 0 Å². The zero-order chi connectivity index (χ0) is 13.7. The van der Waals surface area contributed by atoms with Gasteiger partial charge in [0.2, 0.25) is 5.75 Å². The van der Waals surface area contributed by atoms with Gasteiger partial charge in [-0.2, -0.15) is 0 Å². The average Bonchev–Trinajstić information content (AvgIpc) is 2.37. The minimum Gasteiger partial charge on any atom is -0.493 e. The van der Waals surface area contributed by atoms with Crippen LogP contribution in [-0.4, -0.2) is 21.3 Å². The third-order valence-corrected chi connectivity index (χ3v) is 2.72. The van der Waals surface area contributed by atoms with Gasteiger partial charge in [-0.05, 0) is 37.1 Å². The van der Waals surface area contributed by atoms with Crippen LogP contribution in [0.15, 0.2) is 30.4 Å². The van der Waals surface area contributed by atoms with Crippen molar-refractivity contribution in [2.75, 3.05) is 21.3 Å². The van der Waals surface area contributed by atoms with Gasteiger partial charge in [0.15, 0.2) is 11.5 Å². The van der Waals surface area contributed by atoms with E-state index in [0.29, 0.717) is 17.2 Å². The van der Waals surface area contributed by atoms with E-state index in [1.165, 1.54) is 0 Å². The Morgan fingerprint density at radius 1 is 1.06 bits per heavy atom.